The van der Waals surface area contributed by atoms with E-state index in [1.54, 1.807) is 7.11 Å². The van der Waals surface area contributed by atoms with Gasteiger partial charge in [-0.3, -0.25) is 0 Å². The molecule has 0 bridgehead atoms. The highest BCUT2D eigenvalue weighted by Gasteiger charge is 2.45. The predicted molar refractivity (Wildman–Crippen MR) is 75.5 cm³/mol. The Morgan fingerprint density at radius 2 is 1.95 bits per heavy atom. The van der Waals surface area contributed by atoms with Crippen LogP contribution in [0.2, 0.25) is 0 Å². The smallest absolute Gasteiger partial charge is 0.0700 e. The van der Waals surface area contributed by atoms with E-state index in [2.05, 4.69) is 4.90 Å². The summed E-state index contributed by atoms with van der Waals surface area (Å²) in [5.74, 6) is 0. The van der Waals surface area contributed by atoms with Crippen LogP contribution in [0.5, 0.6) is 0 Å². The van der Waals surface area contributed by atoms with Crippen LogP contribution < -0.4 is 0 Å². The average Bonchev–Trinajstić information content (AvgIpc) is 2.81. The summed E-state index contributed by atoms with van der Waals surface area (Å²) in [6, 6.07) is 0. The van der Waals surface area contributed by atoms with Crippen molar-refractivity contribution in [1.82, 2.24) is 4.90 Å². The molecule has 2 atom stereocenters. The van der Waals surface area contributed by atoms with Crippen molar-refractivity contribution in [2.75, 3.05) is 53.7 Å². The van der Waals surface area contributed by atoms with Crippen LogP contribution in [-0.2, 0) is 14.2 Å². The zero-order valence-corrected chi connectivity index (χ0v) is 12.5. The molecule has 19 heavy (non-hydrogen) atoms. The summed E-state index contributed by atoms with van der Waals surface area (Å²) in [5.41, 5.74) is 0.430. The number of rotatable bonds is 7. The summed E-state index contributed by atoms with van der Waals surface area (Å²) in [5, 5.41) is 0. The number of methoxy groups -OCH3 is 2. The van der Waals surface area contributed by atoms with Gasteiger partial charge in [0, 0.05) is 32.7 Å². The number of nitrogens with zero attached hydrogens (tertiary/aromatic N) is 1. The molecule has 2 aliphatic rings. The second kappa shape index (κ2) is 7.58. The SMILES string of the molecule is COCCOCCN1CCC[C@@]2(CCC[C@H]2OC)C1. The Kier molecular flexibility index (Phi) is 6.07. The van der Waals surface area contributed by atoms with Crippen molar-refractivity contribution in [3.63, 3.8) is 0 Å². The summed E-state index contributed by atoms with van der Waals surface area (Å²) in [6.45, 7) is 5.66. The molecule has 0 unspecified atom stereocenters. The molecule has 0 N–H and O–H groups in total. The van der Waals surface area contributed by atoms with Crippen molar-refractivity contribution >= 4 is 0 Å². The third kappa shape index (κ3) is 3.91. The van der Waals surface area contributed by atoms with E-state index in [-0.39, 0.29) is 0 Å². The first-order valence-electron chi connectivity index (χ1n) is 7.62. The van der Waals surface area contributed by atoms with Gasteiger partial charge in [-0.1, -0.05) is 6.42 Å². The molecule has 4 heteroatoms. The lowest BCUT2D eigenvalue weighted by Crippen LogP contribution is -2.48. The fourth-order valence-corrected chi connectivity index (χ4v) is 3.83. The molecular formula is C15H29NO3. The van der Waals surface area contributed by atoms with Crippen LogP contribution in [0.3, 0.4) is 0 Å². The molecule has 1 aliphatic carbocycles. The highest BCUT2D eigenvalue weighted by molar-refractivity contribution is 4.97. The largest absolute Gasteiger partial charge is 0.382 e. The first-order chi connectivity index (χ1) is 9.30. The topological polar surface area (TPSA) is 30.9 Å². The van der Waals surface area contributed by atoms with E-state index in [1.165, 1.54) is 45.2 Å². The molecule has 4 nitrogen and oxygen atoms in total. The lowest BCUT2D eigenvalue weighted by atomic mass is 9.76. The highest BCUT2D eigenvalue weighted by atomic mass is 16.5. The first-order valence-corrected chi connectivity index (χ1v) is 7.62. The fourth-order valence-electron chi connectivity index (χ4n) is 3.83. The van der Waals surface area contributed by atoms with Gasteiger partial charge in [0.2, 0.25) is 0 Å². The fraction of sp³-hybridized carbons (Fsp3) is 1.00. The van der Waals surface area contributed by atoms with E-state index < -0.39 is 0 Å². The Balaban J connectivity index is 1.74. The number of piperidine rings is 1. The zero-order chi connectivity index (χ0) is 13.6. The van der Waals surface area contributed by atoms with Gasteiger partial charge < -0.3 is 19.1 Å². The quantitative estimate of drug-likeness (QED) is 0.662. The molecule has 1 spiro atoms. The number of hydrogen-bond acceptors (Lipinski definition) is 4. The van der Waals surface area contributed by atoms with Crippen molar-refractivity contribution < 1.29 is 14.2 Å². The molecule has 112 valence electrons. The van der Waals surface area contributed by atoms with Gasteiger partial charge in [0.1, 0.15) is 0 Å². The number of likely N-dealkylation sites (tertiary alicyclic amines) is 1. The van der Waals surface area contributed by atoms with E-state index in [1.807, 2.05) is 7.11 Å². The minimum absolute atomic E-state index is 0.430. The van der Waals surface area contributed by atoms with Crippen LogP contribution in [-0.4, -0.2) is 64.7 Å². The normalized spacial score (nSPS) is 32.2. The maximum Gasteiger partial charge on any atom is 0.0700 e. The van der Waals surface area contributed by atoms with Crippen LogP contribution in [0.4, 0.5) is 0 Å². The third-order valence-corrected chi connectivity index (χ3v) is 4.78. The monoisotopic (exact) mass is 271 g/mol. The molecule has 1 saturated heterocycles. The second-order valence-corrected chi connectivity index (χ2v) is 5.96. The van der Waals surface area contributed by atoms with E-state index >= 15 is 0 Å². The maximum atomic E-state index is 5.74. The molecule has 0 radical (unpaired) electrons. The summed E-state index contributed by atoms with van der Waals surface area (Å²) < 4.78 is 16.3. The van der Waals surface area contributed by atoms with E-state index in [0.29, 0.717) is 24.7 Å². The van der Waals surface area contributed by atoms with Gasteiger partial charge in [0.25, 0.3) is 0 Å². The minimum atomic E-state index is 0.430. The lowest BCUT2D eigenvalue weighted by molar-refractivity contribution is -0.0409. The third-order valence-electron chi connectivity index (χ3n) is 4.78. The molecule has 0 amide bonds. The van der Waals surface area contributed by atoms with Crippen molar-refractivity contribution in [2.45, 2.75) is 38.2 Å². The van der Waals surface area contributed by atoms with Crippen LogP contribution >= 0.6 is 0 Å². The van der Waals surface area contributed by atoms with Gasteiger partial charge in [0.15, 0.2) is 0 Å². The van der Waals surface area contributed by atoms with Gasteiger partial charge in [-0.25, -0.2) is 0 Å². The summed E-state index contributed by atoms with van der Waals surface area (Å²) >= 11 is 0. The van der Waals surface area contributed by atoms with Crippen LogP contribution in [0, 0.1) is 5.41 Å². The molecule has 0 aromatic carbocycles. The van der Waals surface area contributed by atoms with Gasteiger partial charge in [-0.05, 0) is 32.2 Å². The number of ether oxygens (including phenoxy) is 3. The molecular weight excluding hydrogens is 242 g/mol. The summed E-state index contributed by atoms with van der Waals surface area (Å²) in [7, 11) is 3.59. The average molecular weight is 271 g/mol. The molecule has 1 aliphatic heterocycles. The predicted octanol–water partition coefficient (Wildman–Crippen LogP) is 1.93. The molecule has 0 aromatic rings. The van der Waals surface area contributed by atoms with Crippen LogP contribution in [0.1, 0.15) is 32.1 Å². The zero-order valence-electron chi connectivity index (χ0n) is 12.5. The Labute approximate surface area is 117 Å². The number of hydrogen-bond donors (Lipinski definition) is 0. The Morgan fingerprint density at radius 3 is 2.74 bits per heavy atom. The molecule has 1 saturated carbocycles. The molecule has 2 fully saturated rings. The Hall–Kier alpha value is -0.160. The van der Waals surface area contributed by atoms with Gasteiger partial charge in [0.05, 0.1) is 25.9 Å². The summed E-state index contributed by atoms with van der Waals surface area (Å²) in [6.07, 6.45) is 7.03. The van der Waals surface area contributed by atoms with Crippen molar-refractivity contribution in [3.8, 4) is 0 Å². The molecule has 2 rings (SSSR count). The first kappa shape index (κ1) is 15.2. The van der Waals surface area contributed by atoms with Gasteiger partial charge in [-0.2, -0.15) is 0 Å². The summed E-state index contributed by atoms with van der Waals surface area (Å²) in [4.78, 5) is 2.56. The maximum absolute atomic E-state index is 5.74. The minimum Gasteiger partial charge on any atom is -0.382 e. The lowest BCUT2D eigenvalue weighted by Gasteiger charge is -2.43. The second-order valence-electron chi connectivity index (χ2n) is 5.96. The highest BCUT2D eigenvalue weighted by Crippen LogP contribution is 2.46. The van der Waals surface area contributed by atoms with Crippen LogP contribution in [0.25, 0.3) is 0 Å². The van der Waals surface area contributed by atoms with Crippen molar-refractivity contribution in [2.24, 2.45) is 5.41 Å². The van der Waals surface area contributed by atoms with E-state index in [0.717, 1.165) is 13.2 Å². The Morgan fingerprint density at radius 1 is 1.11 bits per heavy atom. The Bertz CT molecular complexity index is 262. The van der Waals surface area contributed by atoms with Crippen molar-refractivity contribution in [3.05, 3.63) is 0 Å². The van der Waals surface area contributed by atoms with Gasteiger partial charge in [-0.15, -0.1) is 0 Å². The molecule has 1 heterocycles. The molecule has 0 aromatic heterocycles. The van der Waals surface area contributed by atoms with Crippen molar-refractivity contribution in [1.29, 1.82) is 0 Å². The standard InChI is InChI=1S/C15H29NO3/c1-17-11-12-19-10-9-16-8-4-7-15(13-16)6-3-5-14(15)18-2/h14H,3-13H2,1-2H3/t14-,15+/m1/s1. The van der Waals surface area contributed by atoms with Gasteiger partial charge >= 0.3 is 0 Å². The van der Waals surface area contributed by atoms with E-state index in [9.17, 15) is 0 Å². The van der Waals surface area contributed by atoms with E-state index in [4.69, 9.17) is 14.2 Å². The van der Waals surface area contributed by atoms with Crippen LogP contribution in [0.15, 0.2) is 0 Å².